The van der Waals surface area contributed by atoms with Crippen LogP contribution in [0.2, 0.25) is 0 Å². The van der Waals surface area contributed by atoms with Gasteiger partial charge in [0.25, 0.3) is 0 Å². The lowest BCUT2D eigenvalue weighted by Gasteiger charge is -2.42. The highest BCUT2D eigenvalue weighted by atomic mass is 16.4. The second-order valence-electron chi connectivity index (χ2n) is 7.64. The number of carboxylic acid groups (broad SMARTS) is 1. The van der Waals surface area contributed by atoms with Gasteiger partial charge in [0.05, 0.1) is 5.97 Å². The zero-order valence-corrected chi connectivity index (χ0v) is 15.3. The van der Waals surface area contributed by atoms with Gasteiger partial charge in [0, 0.05) is 29.6 Å². The number of nitrogens with one attached hydrogen (secondary N) is 1. The van der Waals surface area contributed by atoms with Crippen LogP contribution in [0.15, 0.2) is 42.5 Å². The minimum Gasteiger partial charge on any atom is -0.545 e. The van der Waals surface area contributed by atoms with E-state index in [0.717, 1.165) is 24.3 Å². The van der Waals surface area contributed by atoms with Crippen molar-refractivity contribution in [2.45, 2.75) is 45.6 Å². The molecule has 0 atom stereocenters. The third-order valence-electron chi connectivity index (χ3n) is 5.05. The van der Waals surface area contributed by atoms with Crippen molar-refractivity contribution in [3.63, 3.8) is 0 Å². The van der Waals surface area contributed by atoms with E-state index in [0.29, 0.717) is 6.04 Å². The van der Waals surface area contributed by atoms with Gasteiger partial charge in [-0.1, -0.05) is 32.0 Å². The molecule has 0 unspecified atom stereocenters. The summed E-state index contributed by atoms with van der Waals surface area (Å²) in [5.74, 6) is -1.16. The Morgan fingerprint density at radius 2 is 1.76 bits per heavy atom. The van der Waals surface area contributed by atoms with E-state index in [9.17, 15) is 9.90 Å². The van der Waals surface area contributed by atoms with Gasteiger partial charge in [-0.05, 0) is 61.1 Å². The van der Waals surface area contributed by atoms with Gasteiger partial charge >= 0.3 is 0 Å². The first kappa shape index (κ1) is 17.3. The van der Waals surface area contributed by atoms with E-state index in [1.807, 2.05) is 0 Å². The van der Waals surface area contributed by atoms with Crippen molar-refractivity contribution in [1.29, 1.82) is 0 Å². The molecular weight excluding hydrogens is 312 g/mol. The maximum absolute atomic E-state index is 10.9. The number of hydrogen-bond donors (Lipinski definition) is 1. The van der Waals surface area contributed by atoms with Crippen LogP contribution in [0, 0.1) is 0 Å². The van der Waals surface area contributed by atoms with Crippen molar-refractivity contribution in [2.75, 3.05) is 16.8 Å². The van der Waals surface area contributed by atoms with Crippen molar-refractivity contribution in [2.24, 2.45) is 0 Å². The van der Waals surface area contributed by atoms with Gasteiger partial charge in [-0.3, -0.25) is 0 Å². The molecule has 3 rings (SSSR count). The van der Waals surface area contributed by atoms with Crippen molar-refractivity contribution in [3.05, 3.63) is 53.6 Å². The van der Waals surface area contributed by atoms with E-state index in [-0.39, 0.29) is 11.0 Å². The van der Waals surface area contributed by atoms with Crippen LogP contribution in [0.5, 0.6) is 0 Å². The number of fused-ring (bicyclic) bond motifs is 1. The van der Waals surface area contributed by atoms with E-state index in [4.69, 9.17) is 0 Å². The highest BCUT2D eigenvalue weighted by molar-refractivity contribution is 5.86. The minimum absolute atomic E-state index is 0.176. The van der Waals surface area contributed by atoms with Crippen LogP contribution < -0.4 is 15.3 Å². The van der Waals surface area contributed by atoms with Crippen molar-refractivity contribution in [1.82, 2.24) is 0 Å². The monoisotopic (exact) mass is 337 g/mol. The Morgan fingerprint density at radius 1 is 1.12 bits per heavy atom. The standard InChI is InChI=1S/C21H26N2O2/c1-14(2)23-12-11-21(3,4)18-10-9-17(13-19(18)23)22-16-7-5-15(6-8-16)20(24)25/h5-10,13-14,22H,11-12H2,1-4H3,(H,24,25)/p-1. The van der Waals surface area contributed by atoms with Crippen LogP contribution in [0.3, 0.4) is 0 Å². The lowest BCUT2D eigenvalue weighted by atomic mass is 9.77. The number of aromatic carboxylic acids is 1. The molecule has 1 aliphatic rings. The number of nitrogens with zero attached hydrogens (tertiary/aromatic N) is 1. The van der Waals surface area contributed by atoms with Crippen molar-refractivity contribution in [3.8, 4) is 0 Å². The Balaban J connectivity index is 1.91. The molecule has 0 amide bonds. The summed E-state index contributed by atoms with van der Waals surface area (Å²) >= 11 is 0. The average Bonchev–Trinajstić information content (AvgIpc) is 2.54. The summed E-state index contributed by atoms with van der Waals surface area (Å²) in [5, 5.41) is 14.2. The smallest absolute Gasteiger partial charge is 0.0715 e. The van der Waals surface area contributed by atoms with Crippen LogP contribution in [-0.4, -0.2) is 18.6 Å². The Bertz CT molecular complexity index is 779. The van der Waals surface area contributed by atoms with E-state index >= 15 is 0 Å². The highest BCUT2D eigenvalue weighted by Gasteiger charge is 2.32. The van der Waals surface area contributed by atoms with Gasteiger partial charge in [0.2, 0.25) is 0 Å². The quantitative estimate of drug-likeness (QED) is 0.924. The Hall–Kier alpha value is -2.49. The molecule has 0 fully saturated rings. The summed E-state index contributed by atoms with van der Waals surface area (Å²) in [6.07, 6.45) is 1.15. The van der Waals surface area contributed by atoms with E-state index in [1.54, 1.807) is 24.3 Å². The van der Waals surface area contributed by atoms with Gasteiger partial charge < -0.3 is 20.1 Å². The predicted molar refractivity (Wildman–Crippen MR) is 101 cm³/mol. The Morgan fingerprint density at radius 3 is 2.36 bits per heavy atom. The van der Waals surface area contributed by atoms with Gasteiger partial charge in [0.15, 0.2) is 0 Å². The molecule has 0 aromatic heterocycles. The van der Waals surface area contributed by atoms with E-state index < -0.39 is 5.97 Å². The van der Waals surface area contributed by atoms with Crippen molar-refractivity contribution < 1.29 is 9.90 Å². The van der Waals surface area contributed by atoms with Gasteiger partial charge in [-0.15, -0.1) is 0 Å². The molecule has 4 heteroatoms. The average molecular weight is 337 g/mol. The molecule has 0 saturated carbocycles. The maximum atomic E-state index is 10.9. The lowest BCUT2D eigenvalue weighted by molar-refractivity contribution is -0.255. The zero-order chi connectivity index (χ0) is 18.2. The van der Waals surface area contributed by atoms with Gasteiger partial charge in [0.1, 0.15) is 0 Å². The molecular formula is C21H25N2O2-. The molecule has 0 spiro atoms. The first-order chi connectivity index (χ1) is 11.8. The molecule has 0 radical (unpaired) electrons. The largest absolute Gasteiger partial charge is 0.545 e. The van der Waals surface area contributed by atoms with Crippen LogP contribution in [0.4, 0.5) is 17.1 Å². The maximum Gasteiger partial charge on any atom is 0.0715 e. The number of carboxylic acids is 1. The molecule has 0 aliphatic carbocycles. The molecule has 1 heterocycles. The second-order valence-corrected chi connectivity index (χ2v) is 7.64. The van der Waals surface area contributed by atoms with Crippen LogP contribution in [-0.2, 0) is 5.41 Å². The summed E-state index contributed by atoms with van der Waals surface area (Å²) < 4.78 is 0. The molecule has 0 bridgehead atoms. The minimum atomic E-state index is -1.16. The third kappa shape index (κ3) is 3.48. The van der Waals surface area contributed by atoms with Crippen LogP contribution >= 0.6 is 0 Å². The number of anilines is 3. The van der Waals surface area contributed by atoms with E-state index in [2.05, 4.69) is 56.1 Å². The molecule has 132 valence electrons. The molecule has 1 aliphatic heterocycles. The van der Waals surface area contributed by atoms with E-state index in [1.165, 1.54) is 11.3 Å². The first-order valence-electron chi connectivity index (χ1n) is 8.77. The number of hydrogen-bond acceptors (Lipinski definition) is 4. The molecule has 1 N–H and O–H groups in total. The number of carbonyl (C=O) groups excluding carboxylic acids is 1. The Kier molecular flexibility index (Phi) is 4.46. The van der Waals surface area contributed by atoms with Gasteiger partial charge in [-0.25, -0.2) is 0 Å². The normalized spacial score (nSPS) is 15.8. The topological polar surface area (TPSA) is 55.4 Å². The van der Waals surface area contributed by atoms with Crippen LogP contribution in [0.25, 0.3) is 0 Å². The summed E-state index contributed by atoms with van der Waals surface area (Å²) in [4.78, 5) is 13.3. The van der Waals surface area contributed by atoms with Crippen LogP contribution in [0.1, 0.15) is 50.0 Å². The first-order valence-corrected chi connectivity index (χ1v) is 8.77. The fourth-order valence-corrected chi connectivity index (χ4v) is 3.47. The summed E-state index contributed by atoms with van der Waals surface area (Å²) in [6.45, 7) is 10.1. The fourth-order valence-electron chi connectivity index (χ4n) is 3.47. The third-order valence-corrected chi connectivity index (χ3v) is 5.05. The number of rotatable bonds is 4. The molecule has 25 heavy (non-hydrogen) atoms. The summed E-state index contributed by atoms with van der Waals surface area (Å²) in [7, 11) is 0. The van der Waals surface area contributed by atoms with Gasteiger partial charge in [-0.2, -0.15) is 0 Å². The summed E-state index contributed by atoms with van der Waals surface area (Å²) in [5.41, 5.74) is 4.88. The second kappa shape index (κ2) is 6.43. The summed E-state index contributed by atoms with van der Waals surface area (Å²) in [6, 6.07) is 13.6. The molecule has 2 aromatic rings. The fraction of sp³-hybridized carbons (Fsp3) is 0.381. The lowest BCUT2D eigenvalue weighted by Crippen LogP contribution is -2.41. The van der Waals surface area contributed by atoms with Crippen molar-refractivity contribution >= 4 is 23.0 Å². The SMILES string of the molecule is CC(C)N1CCC(C)(C)c2ccc(Nc3ccc(C(=O)[O-])cc3)cc21. The molecule has 0 saturated heterocycles. The molecule has 2 aromatic carbocycles. The predicted octanol–water partition coefficient (Wildman–Crippen LogP) is 3.69. The zero-order valence-electron chi connectivity index (χ0n) is 15.3. The Labute approximate surface area is 149 Å². The number of benzene rings is 2. The molecule has 4 nitrogen and oxygen atoms in total. The number of carbonyl (C=O) groups is 1. The highest BCUT2D eigenvalue weighted by Crippen LogP contribution is 2.42.